The first-order valence-electron chi connectivity index (χ1n) is 9.20. The first kappa shape index (κ1) is 19.5. The quantitative estimate of drug-likeness (QED) is 0.230. The minimum Gasteiger partial charge on any atom is -0.290 e. The third-order valence-electron chi connectivity index (χ3n) is 4.52. The Morgan fingerprint density at radius 1 is 0.767 bits per heavy atom. The van der Waals surface area contributed by atoms with E-state index in [9.17, 15) is 14.9 Å². The van der Waals surface area contributed by atoms with Crippen LogP contribution in [0.15, 0.2) is 106 Å². The van der Waals surface area contributed by atoms with E-state index in [0.29, 0.717) is 10.6 Å². The number of benzene rings is 3. The van der Waals surface area contributed by atoms with E-state index in [2.05, 4.69) is 0 Å². The van der Waals surface area contributed by atoms with Crippen molar-refractivity contribution in [3.63, 3.8) is 0 Å². The molecule has 1 aliphatic carbocycles. The fraction of sp³-hybridized carbons (Fsp3) is 0. The van der Waals surface area contributed by atoms with Crippen molar-refractivity contribution in [2.24, 2.45) is 4.40 Å². The number of nitrogens with zero attached hydrogens (tertiary/aromatic N) is 2. The highest BCUT2D eigenvalue weighted by Crippen LogP contribution is 2.33. The van der Waals surface area contributed by atoms with Gasteiger partial charge in [-0.05, 0) is 29.3 Å². The summed E-state index contributed by atoms with van der Waals surface area (Å²) in [5.74, 6) is -0.105. The van der Waals surface area contributed by atoms with Crippen LogP contribution in [0.2, 0.25) is 0 Å². The van der Waals surface area contributed by atoms with Gasteiger partial charge in [-0.15, -0.1) is 0 Å². The van der Waals surface area contributed by atoms with Crippen molar-refractivity contribution in [2.45, 2.75) is 4.90 Å². The summed E-state index contributed by atoms with van der Waals surface area (Å²) < 4.78 is 4.73. The van der Waals surface area contributed by atoms with Crippen LogP contribution >= 0.6 is 11.9 Å². The Kier molecular flexibility index (Phi) is 5.68. The number of carbonyl (C=O) groups excluding carboxylic acids is 1. The standard InChI is InChI=1S/C24H16N2O3S/c27-20-15-22(17-8-3-1-4-9-17)24(23(16-20)18-10-5-2-6-11-18)25-30-21-13-7-12-19(14-21)26(28)29/h1-16H. The van der Waals surface area contributed by atoms with Crippen LogP contribution in [0.25, 0.3) is 11.1 Å². The van der Waals surface area contributed by atoms with Crippen molar-refractivity contribution in [1.29, 1.82) is 0 Å². The van der Waals surface area contributed by atoms with Crippen LogP contribution < -0.4 is 0 Å². The van der Waals surface area contributed by atoms with Gasteiger partial charge in [-0.1, -0.05) is 66.7 Å². The largest absolute Gasteiger partial charge is 0.290 e. The van der Waals surface area contributed by atoms with Crippen LogP contribution in [0, 0.1) is 10.1 Å². The zero-order chi connectivity index (χ0) is 20.9. The molecule has 0 unspecified atom stereocenters. The molecule has 0 fully saturated rings. The number of allylic oxidation sites excluding steroid dienone is 4. The molecule has 1 aliphatic rings. The Morgan fingerprint density at radius 2 is 1.33 bits per heavy atom. The second-order valence-electron chi connectivity index (χ2n) is 6.54. The number of carbonyl (C=O) groups is 1. The number of hydrogen-bond donors (Lipinski definition) is 0. The molecule has 0 spiro atoms. The summed E-state index contributed by atoms with van der Waals surface area (Å²) >= 11 is 1.15. The SMILES string of the molecule is O=C1C=C(c2ccccc2)C(=NSc2cccc([N+](=O)[O-])c2)C(c2ccccc2)=C1. The van der Waals surface area contributed by atoms with E-state index in [1.807, 2.05) is 60.7 Å². The van der Waals surface area contributed by atoms with Crippen LogP contribution in [0.5, 0.6) is 0 Å². The van der Waals surface area contributed by atoms with E-state index in [0.717, 1.165) is 34.2 Å². The molecule has 4 rings (SSSR count). The second-order valence-corrected chi connectivity index (χ2v) is 7.37. The van der Waals surface area contributed by atoms with Crippen molar-refractivity contribution in [3.05, 3.63) is 118 Å². The van der Waals surface area contributed by atoms with E-state index >= 15 is 0 Å². The molecule has 6 heteroatoms. The zero-order valence-electron chi connectivity index (χ0n) is 15.8. The number of ketones is 1. The molecule has 146 valence electrons. The first-order chi connectivity index (χ1) is 14.6. The van der Waals surface area contributed by atoms with Gasteiger partial charge in [-0.3, -0.25) is 14.9 Å². The Bertz CT molecular complexity index is 1140. The fourth-order valence-electron chi connectivity index (χ4n) is 3.13. The summed E-state index contributed by atoms with van der Waals surface area (Å²) in [7, 11) is 0. The highest BCUT2D eigenvalue weighted by atomic mass is 32.2. The molecule has 0 bridgehead atoms. The molecule has 0 heterocycles. The molecule has 30 heavy (non-hydrogen) atoms. The third kappa shape index (κ3) is 4.29. The second kappa shape index (κ2) is 8.71. The van der Waals surface area contributed by atoms with Crippen LogP contribution in [-0.2, 0) is 4.79 Å². The molecule has 0 radical (unpaired) electrons. The Balaban J connectivity index is 1.79. The summed E-state index contributed by atoms with van der Waals surface area (Å²) in [4.78, 5) is 23.8. The maximum Gasteiger partial charge on any atom is 0.270 e. The van der Waals surface area contributed by atoms with Gasteiger partial charge in [0.2, 0.25) is 0 Å². The molecule has 0 saturated heterocycles. The number of nitro groups is 1. The highest BCUT2D eigenvalue weighted by molar-refractivity contribution is 7.98. The van der Waals surface area contributed by atoms with E-state index in [1.165, 1.54) is 12.1 Å². The van der Waals surface area contributed by atoms with Gasteiger partial charge in [-0.2, -0.15) is 0 Å². The summed E-state index contributed by atoms with van der Waals surface area (Å²) in [6.45, 7) is 0. The predicted octanol–water partition coefficient (Wildman–Crippen LogP) is 5.79. The number of non-ortho nitro benzene ring substituents is 1. The monoisotopic (exact) mass is 412 g/mol. The van der Waals surface area contributed by atoms with Crippen molar-refractivity contribution in [1.82, 2.24) is 0 Å². The average Bonchev–Trinajstić information content (AvgIpc) is 2.79. The maximum atomic E-state index is 12.5. The number of nitro benzene ring substituents is 1. The van der Waals surface area contributed by atoms with Gasteiger partial charge in [0, 0.05) is 40.1 Å². The van der Waals surface area contributed by atoms with Gasteiger partial charge in [0.1, 0.15) is 0 Å². The summed E-state index contributed by atoms with van der Waals surface area (Å²) in [5.41, 5.74) is 3.87. The Labute approximate surface area is 177 Å². The molecule has 0 atom stereocenters. The minimum atomic E-state index is -0.429. The lowest BCUT2D eigenvalue weighted by Crippen LogP contribution is -2.13. The van der Waals surface area contributed by atoms with Crippen LogP contribution in [0.4, 0.5) is 5.69 Å². The molecule has 3 aromatic rings. The summed E-state index contributed by atoms with van der Waals surface area (Å²) in [6.07, 6.45) is 3.16. The van der Waals surface area contributed by atoms with Crippen LogP contribution in [-0.4, -0.2) is 16.4 Å². The van der Waals surface area contributed by atoms with Crippen molar-refractivity contribution < 1.29 is 9.72 Å². The van der Waals surface area contributed by atoms with Crippen molar-refractivity contribution >= 4 is 40.3 Å². The smallest absolute Gasteiger partial charge is 0.270 e. The maximum absolute atomic E-state index is 12.5. The summed E-state index contributed by atoms with van der Waals surface area (Å²) in [5, 5.41) is 11.1. The first-order valence-corrected chi connectivity index (χ1v) is 9.97. The molecule has 5 nitrogen and oxygen atoms in total. The molecule has 0 N–H and O–H groups in total. The zero-order valence-corrected chi connectivity index (χ0v) is 16.6. The van der Waals surface area contributed by atoms with Crippen LogP contribution in [0.3, 0.4) is 0 Å². The lowest BCUT2D eigenvalue weighted by molar-refractivity contribution is -0.385. The van der Waals surface area contributed by atoms with Gasteiger partial charge in [0.05, 0.1) is 10.6 Å². The lowest BCUT2D eigenvalue weighted by atomic mass is 9.87. The van der Waals surface area contributed by atoms with E-state index in [1.54, 1.807) is 24.3 Å². The Morgan fingerprint density at radius 3 is 1.87 bits per heavy atom. The van der Waals surface area contributed by atoms with Gasteiger partial charge in [0.15, 0.2) is 5.78 Å². The van der Waals surface area contributed by atoms with Gasteiger partial charge < -0.3 is 0 Å². The van der Waals surface area contributed by atoms with Gasteiger partial charge in [0.25, 0.3) is 5.69 Å². The summed E-state index contributed by atoms with van der Waals surface area (Å²) in [6, 6.07) is 25.5. The lowest BCUT2D eigenvalue weighted by Gasteiger charge is -2.18. The molecule has 0 aliphatic heterocycles. The van der Waals surface area contributed by atoms with Gasteiger partial charge >= 0.3 is 0 Å². The number of hydrogen-bond acceptors (Lipinski definition) is 5. The fourth-order valence-corrected chi connectivity index (χ4v) is 3.84. The molecule has 0 aromatic heterocycles. The van der Waals surface area contributed by atoms with Gasteiger partial charge in [-0.25, -0.2) is 4.40 Å². The molecule has 0 amide bonds. The molecular formula is C24H16N2O3S. The molecule has 0 saturated carbocycles. The topological polar surface area (TPSA) is 72.6 Å². The normalized spacial score (nSPS) is 13.5. The van der Waals surface area contributed by atoms with E-state index in [-0.39, 0.29) is 11.5 Å². The van der Waals surface area contributed by atoms with E-state index < -0.39 is 4.92 Å². The predicted molar refractivity (Wildman–Crippen MR) is 120 cm³/mol. The van der Waals surface area contributed by atoms with E-state index in [4.69, 9.17) is 4.40 Å². The number of rotatable bonds is 5. The minimum absolute atomic E-state index is 0.0108. The van der Waals surface area contributed by atoms with Crippen molar-refractivity contribution in [2.75, 3.05) is 0 Å². The molecular weight excluding hydrogens is 396 g/mol. The Hall–Kier alpha value is -3.77. The third-order valence-corrected chi connectivity index (χ3v) is 5.26. The average molecular weight is 412 g/mol. The van der Waals surface area contributed by atoms with Crippen molar-refractivity contribution in [3.8, 4) is 0 Å². The van der Waals surface area contributed by atoms with Crippen LogP contribution in [0.1, 0.15) is 11.1 Å². The highest BCUT2D eigenvalue weighted by Gasteiger charge is 2.22. The molecule has 3 aromatic carbocycles.